The highest BCUT2D eigenvalue weighted by molar-refractivity contribution is 7.17. The molecule has 3 aromatic rings. The Morgan fingerprint density at radius 1 is 1.09 bits per heavy atom. The molecule has 1 aromatic carbocycles. The molecule has 0 bridgehead atoms. The Morgan fingerprint density at radius 2 is 1.88 bits per heavy atom. The van der Waals surface area contributed by atoms with E-state index < -0.39 is 24.5 Å². The summed E-state index contributed by atoms with van der Waals surface area (Å²) in [5.41, 5.74) is 1.35. The molecule has 166 valence electrons. The van der Waals surface area contributed by atoms with Gasteiger partial charge in [0.15, 0.2) is 11.7 Å². The summed E-state index contributed by atoms with van der Waals surface area (Å²) in [6, 6.07) is 13.1. The zero-order valence-electron chi connectivity index (χ0n) is 17.6. The molecule has 0 unspecified atom stereocenters. The Labute approximate surface area is 193 Å². The third-order valence-corrected chi connectivity index (χ3v) is 6.22. The van der Waals surface area contributed by atoms with Crippen molar-refractivity contribution in [2.24, 2.45) is 0 Å². The van der Waals surface area contributed by atoms with Crippen LogP contribution in [0.1, 0.15) is 32.7 Å². The Morgan fingerprint density at radius 3 is 2.56 bits per heavy atom. The maximum Gasteiger partial charge on any atom is 0.350 e. The molecular formula is C23H22N2O5S2. The Bertz CT molecular complexity index is 1090. The van der Waals surface area contributed by atoms with E-state index in [-0.39, 0.29) is 13.2 Å². The van der Waals surface area contributed by atoms with E-state index in [2.05, 4.69) is 4.98 Å². The molecular weight excluding hydrogens is 448 g/mol. The monoisotopic (exact) mass is 470 g/mol. The van der Waals surface area contributed by atoms with Crippen molar-refractivity contribution in [1.82, 2.24) is 4.98 Å². The summed E-state index contributed by atoms with van der Waals surface area (Å²) in [6.07, 6.45) is 2.92. The lowest BCUT2D eigenvalue weighted by Gasteiger charge is -2.19. The average Bonchev–Trinajstić information content (AvgIpc) is 3.45. The van der Waals surface area contributed by atoms with E-state index >= 15 is 0 Å². The highest BCUT2D eigenvalue weighted by Gasteiger charge is 2.25. The van der Waals surface area contributed by atoms with Gasteiger partial charge in [-0.2, -0.15) is 0 Å². The van der Waals surface area contributed by atoms with Gasteiger partial charge in [-0.25, -0.2) is 14.6 Å². The summed E-state index contributed by atoms with van der Waals surface area (Å²) < 4.78 is 10.2. The van der Waals surface area contributed by atoms with Gasteiger partial charge in [0.2, 0.25) is 0 Å². The van der Waals surface area contributed by atoms with Crippen molar-refractivity contribution < 1.29 is 23.9 Å². The predicted molar refractivity (Wildman–Crippen MR) is 125 cm³/mol. The fourth-order valence-electron chi connectivity index (χ4n) is 2.71. The number of anilines is 1. The number of hydrogen-bond donors (Lipinski definition) is 0. The Hall–Kier alpha value is -3.30. The second-order valence-corrected chi connectivity index (χ2v) is 8.51. The van der Waals surface area contributed by atoms with Gasteiger partial charge in [0, 0.05) is 11.0 Å². The normalized spacial score (nSPS) is 10.8. The van der Waals surface area contributed by atoms with Crippen LogP contribution in [-0.2, 0) is 25.6 Å². The van der Waals surface area contributed by atoms with E-state index in [1.165, 1.54) is 22.3 Å². The molecule has 0 aliphatic rings. The lowest BCUT2D eigenvalue weighted by atomic mass is 10.2. The highest BCUT2D eigenvalue weighted by atomic mass is 32.1. The molecule has 7 nitrogen and oxygen atoms in total. The maximum atomic E-state index is 13.0. The minimum atomic E-state index is -0.617. The smallest absolute Gasteiger partial charge is 0.350 e. The standard InChI is InChI=1S/C23H22N2O5S2/c1-3-29-22(28)21-16(2)24-23(32-21)25(14-17-8-5-4-6-9-17)19(26)15-30-20(27)12-11-18-10-7-13-31-18/h4-13H,3,14-15H2,1-2H3/b12-11+. The van der Waals surface area contributed by atoms with Crippen LogP contribution in [0.2, 0.25) is 0 Å². The van der Waals surface area contributed by atoms with Crippen molar-refractivity contribution in [3.05, 3.63) is 74.9 Å². The number of aryl methyl sites for hydroxylation is 1. The molecule has 0 spiro atoms. The van der Waals surface area contributed by atoms with E-state index in [4.69, 9.17) is 9.47 Å². The van der Waals surface area contributed by atoms with Crippen LogP contribution in [0.4, 0.5) is 5.13 Å². The van der Waals surface area contributed by atoms with Crippen LogP contribution < -0.4 is 4.90 Å². The van der Waals surface area contributed by atoms with Crippen molar-refractivity contribution in [2.45, 2.75) is 20.4 Å². The van der Waals surface area contributed by atoms with Crippen LogP contribution in [0.15, 0.2) is 53.9 Å². The molecule has 9 heteroatoms. The first-order valence-electron chi connectivity index (χ1n) is 9.85. The summed E-state index contributed by atoms with van der Waals surface area (Å²) in [4.78, 5) is 44.2. The van der Waals surface area contributed by atoms with Crippen molar-refractivity contribution in [1.29, 1.82) is 0 Å². The number of carbonyl (C=O) groups excluding carboxylic acids is 3. The quantitative estimate of drug-likeness (QED) is 0.339. The molecule has 0 fully saturated rings. The lowest BCUT2D eigenvalue weighted by Crippen LogP contribution is -2.34. The van der Waals surface area contributed by atoms with Gasteiger partial charge >= 0.3 is 11.9 Å². The van der Waals surface area contributed by atoms with Gasteiger partial charge in [-0.1, -0.05) is 47.7 Å². The minimum Gasteiger partial charge on any atom is -0.462 e. The largest absolute Gasteiger partial charge is 0.462 e. The third-order valence-electron chi connectivity index (χ3n) is 4.23. The zero-order valence-corrected chi connectivity index (χ0v) is 19.3. The average molecular weight is 471 g/mol. The van der Waals surface area contributed by atoms with Crippen LogP contribution in [-0.4, -0.2) is 36.0 Å². The van der Waals surface area contributed by atoms with Gasteiger partial charge in [-0.15, -0.1) is 11.3 Å². The number of carbonyl (C=O) groups is 3. The number of rotatable bonds is 9. The Kier molecular flexibility index (Phi) is 8.29. The molecule has 0 aliphatic carbocycles. The predicted octanol–water partition coefficient (Wildman–Crippen LogP) is 4.48. The van der Waals surface area contributed by atoms with Crippen LogP contribution in [0.5, 0.6) is 0 Å². The van der Waals surface area contributed by atoms with E-state index in [1.54, 1.807) is 19.9 Å². The van der Waals surface area contributed by atoms with Gasteiger partial charge in [-0.05, 0) is 36.9 Å². The van der Waals surface area contributed by atoms with Crippen LogP contribution >= 0.6 is 22.7 Å². The first-order chi connectivity index (χ1) is 15.5. The third kappa shape index (κ3) is 6.35. The van der Waals surface area contributed by atoms with Gasteiger partial charge < -0.3 is 9.47 Å². The molecule has 0 atom stereocenters. The van der Waals surface area contributed by atoms with Gasteiger partial charge in [-0.3, -0.25) is 9.69 Å². The summed E-state index contributed by atoms with van der Waals surface area (Å²) >= 11 is 2.56. The zero-order chi connectivity index (χ0) is 22.9. The van der Waals surface area contributed by atoms with Crippen molar-refractivity contribution in [2.75, 3.05) is 18.1 Å². The minimum absolute atomic E-state index is 0.220. The number of hydrogen-bond acceptors (Lipinski definition) is 8. The second kappa shape index (κ2) is 11.4. The fraction of sp³-hybridized carbons (Fsp3) is 0.217. The molecule has 0 aliphatic heterocycles. The first-order valence-corrected chi connectivity index (χ1v) is 11.5. The number of esters is 2. The summed E-state index contributed by atoms with van der Waals surface area (Å²) in [7, 11) is 0. The van der Waals surface area contributed by atoms with Crippen molar-refractivity contribution >= 4 is 51.7 Å². The number of benzene rings is 1. The van der Waals surface area contributed by atoms with E-state index in [0.29, 0.717) is 15.7 Å². The van der Waals surface area contributed by atoms with Crippen LogP contribution in [0, 0.1) is 6.92 Å². The molecule has 1 amide bonds. The summed E-state index contributed by atoms with van der Waals surface area (Å²) in [5, 5.41) is 2.24. The van der Waals surface area contributed by atoms with Crippen LogP contribution in [0.3, 0.4) is 0 Å². The summed E-state index contributed by atoms with van der Waals surface area (Å²) in [6.45, 7) is 3.42. The molecule has 2 heterocycles. The van der Waals surface area contributed by atoms with Gasteiger partial charge in [0.05, 0.1) is 18.8 Å². The second-order valence-electron chi connectivity index (χ2n) is 6.55. The van der Waals surface area contributed by atoms with E-state index in [0.717, 1.165) is 21.8 Å². The van der Waals surface area contributed by atoms with Gasteiger partial charge in [0.25, 0.3) is 5.91 Å². The number of thiophene rings is 1. The van der Waals surface area contributed by atoms with Crippen molar-refractivity contribution in [3.63, 3.8) is 0 Å². The molecule has 32 heavy (non-hydrogen) atoms. The number of aromatic nitrogens is 1. The molecule has 3 rings (SSSR count). The molecule has 0 saturated carbocycles. The van der Waals surface area contributed by atoms with Gasteiger partial charge in [0.1, 0.15) is 4.88 Å². The summed E-state index contributed by atoms with van der Waals surface area (Å²) in [5.74, 6) is -1.55. The number of nitrogens with zero attached hydrogens (tertiary/aromatic N) is 2. The Balaban J connectivity index is 1.75. The van der Waals surface area contributed by atoms with E-state index in [1.807, 2.05) is 47.8 Å². The van der Waals surface area contributed by atoms with Crippen molar-refractivity contribution in [3.8, 4) is 0 Å². The molecule has 0 N–H and O–H groups in total. The molecule has 2 aromatic heterocycles. The SMILES string of the molecule is CCOC(=O)c1sc(N(Cc2ccccc2)C(=O)COC(=O)/C=C/c2cccs2)nc1C. The highest BCUT2D eigenvalue weighted by Crippen LogP contribution is 2.28. The van der Waals surface area contributed by atoms with Crippen LogP contribution in [0.25, 0.3) is 6.08 Å². The molecule has 0 saturated heterocycles. The topological polar surface area (TPSA) is 85.8 Å². The fourth-order valence-corrected chi connectivity index (χ4v) is 4.30. The first kappa shape index (κ1) is 23.4. The maximum absolute atomic E-state index is 13.0. The van der Waals surface area contributed by atoms with E-state index in [9.17, 15) is 14.4 Å². The molecule has 0 radical (unpaired) electrons. The number of ether oxygens (including phenoxy) is 2. The number of thiazole rings is 1. The lowest BCUT2D eigenvalue weighted by molar-refractivity contribution is -0.142. The number of amides is 1.